The number of nitrogens with one attached hydrogen (secondary N) is 1. The summed E-state index contributed by atoms with van der Waals surface area (Å²) in [5.41, 5.74) is 0.595. The Hall–Kier alpha value is -1.85. The van der Waals surface area contributed by atoms with E-state index in [9.17, 15) is 9.59 Å². The van der Waals surface area contributed by atoms with Crippen LogP contribution in [-0.4, -0.2) is 29.7 Å². The van der Waals surface area contributed by atoms with Gasteiger partial charge in [0.15, 0.2) is 5.43 Å². The lowest BCUT2D eigenvalue weighted by molar-refractivity contribution is -0.122. The average Bonchev–Trinajstić information content (AvgIpc) is 3.02. The van der Waals surface area contributed by atoms with Gasteiger partial charge in [-0.25, -0.2) is 0 Å². The molecule has 0 saturated carbocycles. The fraction of sp³-hybridized carbons (Fsp3) is 0.375. The maximum Gasteiger partial charge on any atom is 0.240 e. The molecule has 22 heavy (non-hydrogen) atoms. The van der Waals surface area contributed by atoms with E-state index in [0.717, 1.165) is 19.4 Å². The van der Waals surface area contributed by atoms with Crippen molar-refractivity contribution in [2.24, 2.45) is 0 Å². The highest BCUT2D eigenvalue weighted by Gasteiger charge is 2.16. The number of halogens is 1. The van der Waals surface area contributed by atoms with Crippen LogP contribution in [0.4, 0.5) is 0 Å². The number of carbonyl (C=O) groups is 1. The molecule has 1 aromatic heterocycles. The number of fused-ring (bicyclic) bond motifs is 1. The van der Waals surface area contributed by atoms with Crippen molar-refractivity contribution in [2.45, 2.75) is 25.5 Å². The van der Waals surface area contributed by atoms with Gasteiger partial charge in [-0.05, 0) is 31.0 Å². The molecule has 0 radical (unpaired) electrons. The number of hydrogen-bond acceptors (Lipinski definition) is 3. The Morgan fingerprint density at radius 1 is 1.41 bits per heavy atom. The highest BCUT2D eigenvalue weighted by Crippen LogP contribution is 2.16. The topological polar surface area (TPSA) is 60.3 Å². The minimum Gasteiger partial charge on any atom is -0.376 e. The van der Waals surface area contributed by atoms with Crippen molar-refractivity contribution >= 4 is 28.4 Å². The number of hydrogen-bond donors (Lipinski definition) is 1. The van der Waals surface area contributed by atoms with Gasteiger partial charge in [0.05, 0.1) is 11.6 Å². The molecule has 116 valence electrons. The van der Waals surface area contributed by atoms with Gasteiger partial charge >= 0.3 is 0 Å². The summed E-state index contributed by atoms with van der Waals surface area (Å²) in [7, 11) is 0. The number of carbonyl (C=O) groups excluding carboxylic acids is 1. The largest absolute Gasteiger partial charge is 0.376 e. The second-order valence-corrected chi connectivity index (χ2v) is 5.84. The van der Waals surface area contributed by atoms with E-state index in [1.165, 1.54) is 6.07 Å². The normalized spacial score (nSPS) is 17.8. The first-order valence-corrected chi connectivity index (χ1v) is 7.68. The summed E-state index contributed by atoms with van der Waals surface area (Å²) in [5, 5.41) is 3.90. The first-order chi connectivity index (χ1) is 10.6. The molecule has 5 nitrogen and oxygen atoms in total. The molecule has 1 saturated heterocycles. The zero-order valence-electron chi connectivity index (χ0n) is 12.0. The molecule has 1 amide bonds. The Balaban J connectivity index is 1.74. The summed E-state index contributed by atoms with van der Waals surface area (Å²) in [4.78, 5) is 24.0. The van der Waals surface area contributed by atoms with Gasteiger partial charge in [-0.2, -0.15) is 0 Å². The zero-order valence-corrected chi connectivity index (χ0v) is 12.8. The van der Waals surface area contributed by atoms with Crippen LogP contribution in [0, 0.1) is 0 Å². The number of pyridine rings is 1. The van der Waals surface area contributed by atoms with Crippen LogP contribution < -0.4 is 10.7 Å². The van der Waals surface area contributed by atoms with E-state index < -0.39 is 0 Å². The Kier molecular flexibility index (Phi) is 4.45. The summed E-state index contributed by atoms with van der Waals surface area (Å²) >= 11 is 5.93. The van der Waals surface area contributed by atoms with E-state index >= 15 is 0 Å². The molecule has 2 heterocycles. The van der Waals surface area contributed by atoms with E-state index in [4.69, 9.17) is 16.3 Å². The Morgan fingerprint density at radius 2 is 2.27 bits per heavy atom. The quantitative estimate of drug-likeness (QED) is 0.936. The molecule has 1 aliphatic rings. The summed E-state index contributed by atoms with van der Waals surface area (Å²) in [5.74, 6) is -0.101. The van der Waals surface area contributed by atoms with Crippen molar-refractivity contribution in [1.82, 2.24) is 9.88 Å². The Labute approximate surface area is 132 Å². The number of rotatable bonds is 4. The molecule has 6 heteroatoms. The van der Waals surface area contributed by atoms with Crippen molar-refractivity contribution in [1.29, 1.82) is 0 Å². The number of benzene rings is 1. The molecule has 1 N–H and O–H groups in total. The highest BCUT2D eigenvalue weighted by molar-refractivity contribution is 6.31. The first kappa shape index (κ1) is 15.1. The molecule has 0 bridgehead atoms. The molecule has 0 spiro atoms. The summed E-state index contributed by atoms with van der Waals surface area (Å²) in [6, 6.07) is 6.54. The lowest BCUT2D eigenvalue weighted by atomic mass is 10.2. The third kappa shape index (κ3) is 3.31. The zero-order chi connectivity index (χ0) is 15.5. The molecule has 1 aliphatic heterocycles. The van der Waals surface area contributed by atoms with Crippen molar-refractivity contribution < 1.29 is 9.53 Å². The fourth-order valence-corrected chi connectivity index (χ4v) is 2.84. The van der Waals surface area contributed by atoms with E-state index in [-0.39, 0.29) is 24.0 Å². The third-order valence-corrected chi connectivity index (χ3v) is 4.04. The van der Waals surface area contributed by atoms with Crippen LogP contribution in [0.3, 0.4) is 0 Å². The summed E-state index contributed by atoms with van der Waals surface area (Å²) in [6.45, 7) is 1.46. The summed E-state index contributed by atoms with van der Waals surface area (Å²) in [6.07, 6.45) is 3.78. The minimum absolute atomic E-state index is 0.101. The van der Waals surface area contributed by atoms with Gasteiger partial charge in [0.1, 0.15) is 6.54 Å². The van der Waals surface area contributed by atoms with Gasteiger partial charge in [-0.1, -0.05) is 11.6 Å². The minimum atomic E-state index is -0.103. The first-order valence-electron chi connectivity index (χ1n) is 7.30. The van der Waals surface area contributed by atoms with Crippen molar-refractivity contribution in [2.75, 3.05) is 13.2 Å². The van der Waals surface area contributed by atoms with Crippen molar-refractivity contribution in [3.8, 4) is 0 Å². The summed E-state index contributed by atoms with van der Waals surface area (Å²) < 4.78 is 7.22. The smallest absolute Gasteiger partial charge is 0.240 e. The molecule has 1 aromatic carbocycles. The molecule has 1 fully saturated rings. The maximum atomic E-state index is 12.1. The lowest BCUT2D eigenvalue weighted by Gasteiger charge is -2.13. The molecule has 3 rings (SSSR count). The van der Waals surface area contributed by atoms with Gasteiger partial charge < -0.3 is 14.6 Å². The lowest BCUT2D eigenvalue weighted by Crippen LogP contribution is -2.34. The predicted molar refractivity (Wildman–Crippen MR) is 85.2 cm³/mol. The molecule has 1 atom stereocenters. The monoisotopic (exact) mass is 320 g/mol. The standard InChI is InChI=1S/C16H17ClN2O3/c17-11-3-4-14-13(8-11)15(20)5-6-19(14)10-16(21)18-9-12-2-1-7-22-12/h3-6,8,12H,1-2,7,9-10H2,(H,18,21). The van der Waals surface area contributed by atoms with Gasteiger partial charge in [-0.15, -0.1) is 0 Å². The van der Waals surface area contributed by atoms with Crippen molar-refractivity contribution in [3.63, 3.8) is 0 Å². The molecule has 2 aromatic rings. The van der Waals surface area contributed by atoms with Crippen LogP contribution in [0.5, 0.6) is 0 Å². The maximum absolute atomic E-state index is 12.1. The number of amides is 1. The predicted octanol–water partition coefficient (Wildman–Crippen LogP) is 1.95. The number of nitrogens with zero attached hydrogens (tertiary/aromatic N) is 1. The molecule has 1 unspecified atom stereocenters. The van der Waals surface area contributed by atoms with Gasteiger partial charge in [-0.3, -0.25) is 9.59 Å². The Morgan fingerprint density at radius 3 is 3.05 bits per heavy atom. The molecule has 0 aliphatic carbocycles. The molecular weight excluding hydrogens is 304 g/mol. The SMILES string of the molecule is O=C(Cn1ccc(=O)c2cc(Cl)ccc21)NCC1CCCO1. The van der Waals surface area contributed by atoms with Crippen molar-refractivity contribution in [3.05, 3.63) is 45.7 Å². The van der Waals surface area contributed by atoms with Crippen LogP contribution >= 0.6 is 11.6 Å². The second kappa shape index (κ2) is 6.50. The second-order valence-electron chi connectivity index (χ2n) is 5.41. The van der Waals surface area contributed by atoms with E-state index in [1.54, 1.807) is 29.0 Å². The Bertz CT molecular complexity index is 751. The van der Waals surface area contributed by atoms with E-state index in [1.807, 2.05) is 0 Å². The van der Waals surface area contributed by atoms with Crippen LogP contribution in [-0.2, 0) is 16.1 Å². The average molecular weight is 321 g/mol. The molecular formula is C16H17ClN2O3. The van der Waals surface area contributed by atoms with Gasteiger partial charge in [0.2, 0.25) is 5.91 Å². The van der Waals surface area contributed by atoms with E-state index in [0.29, 0.717) is 22.5 Å². The number of aromatic nitrogens is 1. The number of ether oxygens (including phenoxy) is 1. The van der Waals surface area contributed by atoms with Crippen LogP contribution in [0.2, 0.25) is 5.02 Å². The highest BCUT2D eigenvalue weighted by atomic mass is 35.5. The van der Waals surface area contributed by atoms with Crippen LogP contribution in [0.25, 0.3) is 10.9 Å². The third-order valence-electron chi connectivity index (χ3n) is 3.80. The van der Waals surface area contributed by atoms with Crippen LogP contribution in [0.15, 0.2) is 35.3 Å². The van der Waals surface area contributed by atoms with Gasteiger partial charge in [0.25, 0.3) is 0 Å². The van der Waals surface area contributed by atoms with Crippen LogP contribution in [0.1, 0.15) is 12.8 Å². The fourth-order valence-electron chi connectivity index (χ4n) is 2.67. The van der Waals surface area contributed by atoms with Gasteiger partial charge in [0, 0.05) is 35.8 Å². The van der Waals surface area contributed by atoms with E-state index in [2.05, 4.69) is 5.32 Å².